The minimum atomic E-state index is -0.179. The van der Waals surface area contributed by atoms with E-state index < -0.39 is 0 Å². The van der Waals surface area contributed by atoms with Crippen molar-refractivity contribution < 1.29 is 9.18 Å². The van der Waals surface area contributed by atoms with Gasteiger partial charge in [0.15, 0.2) is 0 Å². The molecule has 0 saturated carbocycles. The number of carbonyl (C=O) groups excluding carboxylic acids is 1. The molecule has 2 amide bonds. The van der Waals surface area contributed by atoms with Crippen LogP contribution in [0.4, 0.5) is 9.18 Å². The Balaban J connectivity index is 1.63. The molecule has 0 aromatic heterocycles. The Morgan fingerprint density at radius 3 is 2.50 bits per heavy atom. The van der Waals surface area contributed by atoms with E-state index in [1.54, 1.807) is 0 Å². The predicted molar refractivity (Wildman–Crippen MR) is 86.4 cm³/mol. The Kier molecular flexibility index (Phi) is 6.65. The summed E-state index contributed by atoms with van der Waals surface area (Å²) in [7, 11) is 0. The fourth-order valence-electron chi connectivity index (χ4n) is 2.68. The maximum atomic E-state index is 12.8. The van der Waals surface area contributed by atoms with Crippen LogP contribution in [-0.4, -0.2) is 55.1 Å². The van der Waals surface area contributed by atoms with Gasteiger partial charge in [0.05, 0.1) is 0 Å². The number of benzene rings is 1. The monoisotopic (exact) mass is 307 g/mol. The summed E-state index contributed by atoms with van der Waals surface area (Å²) < 4.78 is 12.8. The molecular formula is C17H26FN3O. The SMILES string of the molecule is CCCNC(=O)N1CCN(CCCc2ccc(F)cc2)CC1. The van der Waals surface area contributed by atoms with Crippen LogP contribution in [0.3, 0.4) is 0 Å². The second kappa shape index (κ2) is 8.73. The van der Waals surface area contributed by atoms with Gasteiger partial charge in [-0.25, -0.2) is 9.18 Å². The number of halogens is 1. The molecule has 0 spiro atoms. The standard InChI is InChI=1S/C17H26FN3O/c1-2-9-19-17(22)21-13-11-20(12-14-21)10-3-4-15-5-7-16(18)8-6-15/h5-8H,2-4,9-14H2,1H3,(H,19,22). The Morgan fingerprint density at radius 1 is 1.18 bits per heavy atom. The highest BCUT2D eigenvalue weighted by atomic mass is 19.1. The fraction of sp³-hybridized carbons (Fsp3) is 0.588. The highest BCUT2D eigenvalue weighted by Crippen LogP contribution is 2.08. The van der Waals surface area contributed by atoms with E-state index in [1.807, 2.05) is 17.0 Å². The zero-order valence-corrected chi connectivity index (χ0v) is 13.4. The maximum Gasteiger partial charge on any atom is 0.317 e. The first kappa shape index (κ1) is 16.7. The van der Waals surface area contributed by atoms with Crippen molar-refractivity contribution in [2.24, 2.45) is 0 Å². The maximum absolute atomic E-state index is 12.8. The topological polar surface area (TPSA) is 35.6 Å². The second-order valence-corrected chi connectivity index (χ2v) is 5.79. The Morgan fingerprint density at radius 2 is 1.86 bits per heavy atom. The number of aryl methyl sites for hydroxylation is 1. The molecule has 1 aromatic rings. The van der Waals surface area contributed by atoms with E-state index >= 15 is 0 Å². The van der Waals surface area contributed by atoms with Crippen LogP contribution in [-0.2, 0) is 6.42 Å². The molecule has 22 heavy (non-hydrogen) atoms. The van der Waals surface area contributed by atoms with Crippen molar-refractivity contribution in [3.8, 4) is 0 Å². The van der Waals surface area contributed by atoms with E-state index in [4.69, 9.17) is 0 Å². The number of urea groups is 1. The quantitative estimate of drug-likeness (QED) is 0.876. The van der Waals surface area contributed by atoms with E-state index in [0.717, 1.165) is 58.5 Å². The van der Waals surface area contributed by atoms with Gasteiger partial charge in [0.25, 0.3) is 0 Å². The average molecular weight is 307 g/mol. The van der Waals surface area contributed by atoms with Gasteiger partial charge in [-0.2, -0.15) is 0 Å². The van der Waals surface area contributed by atoms with Crippen molar-refractivity contribution >= 4 is 6.03 Å². The van der Waals surface area contributed by atoms with Crippen LogP contribution in [0.5, 0.6) is 0 Å². The van der Waals surface area contributed by atoms with E-state index in [-0.39, 0.29) is 11.8 Å². The Labute approximate surface area is 132 Å². The van der Waals surface area contributed by atoms with Crippen LogP contribution < -0.4 is 5.32 Å². The van der Waals surface area contributed by atoms with Gasteiger partial charge in [0.1, 0.15) is 5.82 Å². The molecule has 2 rings (SSSR count). The summed E-state index contributed by atoms with van der Waals surface area (Å²) in [5.41, 5.74) is 1.18. The molecule has 0 bridgehead atoms. The zero-order chi connectivity index (χ0) is 15.8. The normalized spacial score (nSPS) is 15.8. The molecule has 5 heteroatoms. The Bertz CT molecular complexity index is 455. The second-order valence-electron chi connectivity index (χ2n) is 5.79. The molecule has 1 fully saturated rings. The largest absolute Gasteiger partial charge is 0.338 e. The van der Waals surface area contributed by atoms with Gasteiger partial charge >= 0.3 is 6.03 Å². The van der Waals surface area contributed by atoms with Crippen molar-refractivity contribution in [1.29, 1.82) is 0 Å². The number of rotatable bonds is 6. The lowest BCUT2D eigenvalue weighted by Gasteiger charge is -2.34. The third-order valence-electron chi connectivity index (χ3n) is 4.04. The minimum absolute atomic E-state index is 0.0628. The molecule has 4 nitrogen and oxygen atoms in total. The minimum Gasteiger partial charge on any atom is -0.338 e. The van der Waals surface area contributed by atoms with Gasteiger partial charge in [-0.3, -0.25) is 4.90 Å². The lowest BCUT2D eigenvalue weighted by molar-refractivity contribution is 0.138. The molecule has 0 atom stereocenters. The number of hydrogen-bond donors (Lipinski definition) is 1. The van der Waals surface area contributed by atoms with Crippen molar-refractivity contribution in [2.45, 2.75) is 26.2 Å². The van der Waals surface area contributed by atoms with E-state index in [2.05, 4.69) is 17.1 Å². The van der Waals surface area contributed by atoms with Crippen LogP contribution in [0.25, 0.3) is 0 Å². The van der Waals surface area contributed by atoms with Gasteiger partial charge in [0, 0.05) is 32.7 Å². The van der Waals surface area contributed by atoms with Crippen LogP contribution in [0, 0.1) is 5.82 Å². The van der Waals surface area contributed by atoms with Crippen molar-refractivity contribution in [3.63, 3.8) is 0 Å². The average Bonchev–Trinajstić information content (AvgIpc) is 2.55. The lowest BCUT2D eigenvalue weighted by atomic mass is 10.1. The van der Waals surface area contributed by atoms with E-state index in [0.29, 0.717) is 0 Å². The lowest BCUT2D eigenvalue weighted by Crippen LogP contribution is -2.52. The number of amides is 2. The van der Waals surface area contributed by atoms with Crippen LogP contribution >= 0.6 is 0 Å². The highest BCUT2D eigenvalue weighted by Gasteiger charge is 2.20. The first-order valence-corrected chi connectivity index (χ1v) is 8.18. The zero-order valence-electron chi connectivity index (χ0n) is 13.4. The van der Waals surface area contributed by atoms with Gasteiger partial charge in [-0.1, -0.05) is 19.1 Å². The number of carbonyl (C=O) groups is 1. The molecule has 122 valence electrons. The highest BCUT2D eigenvalue weighted by molar-refractivity contribution is 5.74. The first-order chi connectivity index (χ1) is 10.7. The fourth-order valence-corrected chi connectivity index (χ4v) is 2.68. The summed E-state index contributed by atoms with van der Waals surface area (Å²) in [4.78, 5) is 16.1. The molecule has 1 aliphatic rings. The summed E-state index contributed by atoms with van der Waals surface area (Å²) >= 11 is 0. The molecule has 0 aliphatic carbocycles. The van der Waals surface area contributed by atoms with Gasteiger partial charge in [-0.05, 0) is 43.5 Å². The van der Waals surface area contributed by atoms with E-state index in [1.165, 1.54) is 17.7 Å². The van der Waals surface area contributed by atoms with Crippen LogP contribution in [0.2, 0.25) is 0 Å². The molecule has 1 heterocycles. The molecule has 0 radical (unpaired) electrons. The van der Waals surface area contributed by atoms with Crippen molar-refractivity contribution in [2.75, 3.05) is 39.3 Å². The van der Waals surface area contributed by atoms with E-state index in [9.17, 15) is 9.18 Å². The third kappa shape index (κ3) is 5.30. The van der Waals surface area contributed by atoms with Crippen molar-refractivity contribution in [3.05, 3.63) is 35.6 Å². The number of nitrogens with one attached hydrogen (secondary N) is 1. The predicted octanol–water partition coefficient (Wildman–Crippen LogP) is 2.50. The number of nitrogens with zero attached hydrogens (tertiary/aromatic N) is 2. The molecular weight excluding hydrogens is 281 g/mol. The molecule has 0 unspecified atom stereocenters. The van der Waals surface area contributed by atoms with Crippen molar-refractivity contribution in [1.82, 2.24) is 15.1 Å². The number of piperazine rings is 1. The summed E-state index contributed by atoms with van der Waals surface area (Å²) in [5.74, 6) is -0.179. The summed E-state index contributed by atoms with van der Waals surface area (Å²) in [6.07, 6.45) is 3.00. The first-order valence-electron chi connectivity index (χ1n) is 8.18. The summed E-state index contributed by atoms with van der Waals surface area (Å²) in [6.45, 7) is 7.29. The number of hydrogen-bond acceptors (Lipinski definition) is 2. The van der Waals surface area contributed by atoms with Gasteiger partial charge in [-0.15, -0.1) is 0 Å². The Hall–Kier alpha value is -1.62. The molecule has 1 N–H and O–H groups in total. The van der Waals surface area contributed by atoms with Crippen LogP contribution in [0.15, 0.2) is 24.3 Å². The van der Waals surface area contributed by atoms with Gasteiger partial charge in [0.2, 0.25) is 0 Å². The van der Waals surface area contributed by atoms with Gasteiger partial charge < -0.3 is 10.2 Å². The molecule has 1 aliphatic heterocycles. The summed E-state index contributed by atoms with van der Waals surface area (Å²) in [6, 6.07) is 6.80. The smallest absolute Gasteiger partial charge is 0.317 e. The molecule has 1 saturated heterocycles. The van der Waals surface area contributed by atoms with Crippen LogP contribution in [0.1, 0.15) is 25.3 Å². The molecule has 1 aromatic carbocycles. The third-order valence-corrected chi connectivity index (χ3v) is 4.04. The summed E-state index contributed by atoms with van der Waals surface area (Å²) in [5, 5.41) is 2.92.